The molecule has 0 saturated carbocycles. The molecule has 3 amide bonds. The number of benzene rings is 4. The van der Waals surface area contributed by atoms with Gasteiger partial charge in [-0.15, -0.1) is 0 Å². The molecule has 1 fully saturated rings. The van der Waals surface area contributed by atoms with Gasteiger partial charge in [0.05, 0.1) is 58.4 Å². The van der Waals surface area contributed by atoms with Crippen molar-refractivity contribution in [3.05, 3.63) is 106 Å². The SMILES string of the molecule is O=C(Nc1cc(Br)c2c(c(N3C(=O)c4c(Cl)c(Cl)c(Cl)c(Cl)c4C3=O)nn2C2CCCCO2)c1Oc1cc(F)ccc1Cl)c1cc(F)cc(C(F)(F)F)c1. The third-order valence-corrected chi connectivity index (χ3v) is 11.2. The molecule has 4 aromatic carbocycles. The summed E-state index contributed by atoms with van der Waals surface area (Å²) in [5.74, 6) is -6.69. The Kier molecular flexibility index (Phi) is 10.3. The van der Waals surface area contributed by atoms with Crippen LogP contribution in [0.5, 0.6) is 11.5 Å². The first-order valence-corrected chi connectivity index (χ1v) is 18.1. The zero-order valence-electron chi connectivity index (χ0n) is 26.5. The summed E-state index contributed by atoms with van der Waals surface area (Å²) in [5, 5.41) is 5.33. The molecule has 1 saturated heterocycles. The van der Waals surface area contributed by atoms with Crippen molar-refractivity contribution in [2.45, 2.75) is 31.7 Å². The van der Waals surface area contributed by atoms with Gasteiger partial charge >= 0.3 is 6.18 Å². The van der Waals surface area contributed by atoms with E-state index in [-0.39, 0.29) is 58.0 Å². The summed E-state index contributed by atoms with van der Waals surface area (Å²) in [6, 6.07) is 5.58. The number of imide groups is 1. The lowest BCUT2D eigenvalue weighted by Gasteiger charge is -2.24. The summed E-state index contributed by atoms with van der Waals surface area (Å²) in [6.45, 7) is 0.318. The number of halogens is 11. The number of carbonyl (C=O) groups is 3. The first-order chi connectivity index (χ1) is 25.5. The largest absolute Gasteiger partial charge is 0.453 e. The molecule has 2 aliphatic rings. The monoisotopic (exact) mass is 910 g/mol. The molecule has 20 heteroatoms. The fourth-order valence-electron chi connectivity index (χ4n) is 6.02. The standard InChI is InChI=1S/C34H17BrCl5F5N4O5/c35-16-11-18(46-31(50)12-7-13(34(43,44)45)9-15(42)8-12)29(54-19-10-14(41)4-5-17(19)36)23-28(16)49(20-3-1-2-6-53-20)47-30(23)48-32(51)21-22(33(48)52)25(38)27(40)26(39)24(21)37/h4-5,7-11,20H,1-3,6H2,(H,46,50). The van der Waals surface area contributed by atoms with Gasteiger partial charge in [-0.25, -0.2) is 18.4 Å². The summed E-state index contributed by atoms with van der Waals surface area (Å²) in [4.78, 5) is 42.6. The summed E-state index contributed by atoms with van der Waals surface area (Å²) in [7, 11) is 0. The predicted molar refractivity (Wildman–Crippen MR) is 195 cm³/mol. The summed E-state index contributed by atoms with van der Waals surface area (Å²) in [5.41, 5.74) is -3.19. The number of rotatable bonds is 6. The van der Waals surface area contributed by atoms with Crippen molar-refractivity contribution < 1.29 is 45.8 Å². The molecule has 1 unspecified atom stereocenters. The van der Waals surface area contributed by atoms with Crippen molar-refractivity contribution >= 4 is 114 Å². The van der Waals surface area contributed by atoms with Crippen molar-refractivity contribution in [1.29, 1.82) is 0 Å². The number of alkyl halides is 3. The quantitative estimate of drug-likeness (QED) is 0.0788. The molecule has 3 heterocycles. The molecule has 1 aromatic heterocycles. The number of nitrogens with zero attached hydrogens (tertiary/aromatic N) is 3. The average molecular weight is 914 g/mol. The third kappa shape index (κ3) is 6.67. The Hall–Kier alpha value is -3.70. The second kappa shape index (κ2) is 14.4. The van der Waals surface area contributed by atoms with Gasteiger partial charge in [0.15, 0.2) is 17.8 Å². The number of carbonyl (C=O) groups excluding carboxylic acids is 3. The number of amides is 3. The van der Waals surface area contributed by atoms with Crippen molar-refractivity contribution in [2.75, 3.05) is 16.8 Å². The van der Waals surface area contributed by atoms with E-state index < -0.39 is 75.6 Å². The summed E-state index contributed by atoms with van der Waals surface area (Å²) >= 11 is 35.1. The second-order valence-corrected chi connectivity index (χ2v) is 14.6. The van der Waals surface area contributed by atoms with Gasteiger partial charge in [-0.3, -0.25) is 14.4 Å². The van der Waals surface area contributed by atoms with Crippen LogP contribution in [-0.2, 0) is 10.9 Å². The molecule has 0 aliphatic carbocycles. The second-order valence-electron chi connectivity index (χ2n) is 11.9. The van der Waals surface area contributed by atoms with E-state index in [0.29, 0.717) is 36.5 Å². The van der Waals surface area contributed by atoms with Gasteiger partial charge in [0.25, 0.3) is 17.7 Å². The van der Waals surface area contributed by atoms with Crippen molar-refractivity contribution in [3.8, 4) is 11.5 Å². The first kappa shape index (κ1) is 38.6. The number of hydrogen-bond donors (Lipinski definition) is 1. The summed E-state index contributed by atoms with van der Waals surface area (Å²) in [6.07, 6.45) is -3.95. The fourth-order valence-corrected chi connectivity index (χ4v) is 7.80. The highest BCUT2D eigenvalue weighted by molar-refractivity contribution is 9.10. The first-order valence-electron chi connectivity index (χ1n) is 15.4. The minimum absolute atomic E-state index is 0.118. The van der Waals surface area contributed by atoms with Gasteiger partial charge < -0.3 is 14.8 Å². The van der Waals surface area contributed by atoms with Gasteiger partial charge in [-0.05, 0) is 71.6 Å². The van der Waals surface area contributed by atoms with Crippen LogP contribution >= 0.6 is 73.9 Å². The van der Waals surface area contributed by atoms with E-state index in [4.69, 9.17) is 67.5 Å². The lowest BCUT2D eigenvalue weighted by Crippen LogP contribution is -2.30. The number of fused-ring (bicyclic) bond motifs is 2. The molecule has 2 aliphatic heterocycles. The van der Waals surface area contributed by atoms with Gasteiger partial charge in [-0.2, -0.15) is 18.3 Å². The smallest absolute Gasteiger partial charge is 0.416 e. The maximum absolute atomic E-state index is 14.6. The lowest BCUT2D eigenvalue weighted by atomic mass is 10.1. The van der Waals surface area contributed by atoms with Crippen LogP contribution in [0, 0.1) is 11.6 Å². The van der Waals surface area contributed by atoms with E-state index in [9.17, 15) is 36.3 Å². The average Bonchev–Trinajstić information content (AvgIpc) is 3.63. The van der Waals surface area contributed by atoms with Gasteiger partial charge in [0.1, 0.15) is 17.4 Å². The van der Waals surface area contributed by atoms with Crippen LogP contribution in [0.4, 0.5) is 33.5 Å². The maximum atomic E-state index is 14.6. The van der Waals surface area contributed by atoms with Crippen LogP contribution in [0.1, 0.15) is 62.1 Å². The Labute approximate surface area is 333 Å². The van der Waals surface area contributed by atoms with Gasteiger partial charge in [-0.1, -0.05) is 58.0 Å². The summed E-state index contributed by atoms with van der Waals surface area (Å²) < 4.78 is 83.3. The number of hydrogen-bond acceptors (Lipinski definition) is 6. The van der Waals surface area contributed by atoms with Crippen LogP contribution in [-0.4, -0.2) is 34.1 Å². The van der Waals surface area contributed by atoms with Crippen molar-refractivity contribution in [3.63, 3.8) is 0 Å². The van der Waals surface area contributed by atoms with Crippen molar-refractivity contribution in [2.24, 2.45) is 0 Å². The van der Waals surface area contributed by atoms with Gasteiger partial charge in [0.2, 0.25) is 0 Å². The zero-order chi connectivity index (χ0) is 39.0. The predicted octanol–water partition coefficient (Wildman–Crippen LogP) is 11.9. The van der Waals surface area contributed by atoms with Crippen LogP contribution in [0.2, 0.25) is 25.1 Å². The van der Waals surface area contributed by atoms with Crippen LogP contribution in [0.3, 0.4) is 0 Å². The molecule has 5 aromatic rings. The van der Waals surface area contributed by atoms with E-state index in [1.807, 2.05) is 0 Å². The normalized spacial score (nSPS) is 16.0. The van der Waals surface area contributed by atoms with E-state index in [1.54, 1.807) is 0 Å². The molecule has 0 spiro atoms. The highest BCUT2D eigenvalue weighted by atomic mass is 79.9. The Bertz CT molecular complexity index is 2410. The minimum Gasteiger partial charge on any atom is -0.453 e. The highest BCUT2D eigenvalue weighted by Crippen LogP contribution is 2.51. The van der Waals surface area contributed by atoms with Crippen molar-refractivity contribution in [1.82, 2.24) is 9.78 Å². The molecule has 0 radical (unpaired) electrons. The number of nitrogens with one attached hydrogen (secondary N) is 1. The molecule has 9 nitrogen and oxygen atoms in total. The van der Waals surface area contributed by atoms with Crippen LogP contribution in [0.15, 0.2) is 46.9 Å². The Balaban J connectivity index is 1.51. The minimum atomic E-state index is -5.00. The number of ether oxygens (including phenoxy) is 2. The molecule has 7 rings (SSSR count). The topological polar surface area (TPSA) is 103 Å². The van der Waals surface area contributed by atoms with E-state index >= 15 is 0 Å². The zero-order valence-corrected chi connectivity index (χ0v) is 31.9. The number of aromatic nitrogens is 2. The van der Waals surface area contributed by atoms with E-state index in [2.05, 4.69) is 26.3 Å². The molecule has 1 atom stereocenters. The van der Waals surface area contributed by atoms with Crippen LogP contribution < -0.4 is 15.0 Å². The Morgan fingerprint density at radius 3 is 2.19 bits per heavy atom. The molecule has 1 N–H and O–H groups in total. The Morgan fingerprint density at radius 2 is 1.57 bits per heavy atom. The van der Waals surface area contributed by atoms with E-state index in [1.165, 1.54) is 10.7 Å². The fraction of sp³-hybridized carbons (Fsp3) is 0.176. The molecular formula is C34H17BrCl5F5N4O5. The van der Waals surface area contributed by atoms with Gasteiger partial charge in [0, 0.05) is 22.7 Å². The lowest BCUT2D eigenvalue weighted by molar-refractivity contribution is -0.137. The highest BCUT2D eigenvalue weighted by Gasteiger charge is 2.45. The third-order valence-electron chi connectivity index (χ3n) is 8.44. The maximum Gasteiger partial charge on any atom is 0.416 e. The van der Waals surface area contributed by atoms with E-state index in [0.717, 1.165) is 24.6 Å². The molecular weight excluding hydrogens is 897 g/mol. The van der Waals surface area contributed by atoms with Crippen LogP contribution in [0.25, 0.3) is 10.9 Å². The number of anilines is 2. The molecule has 54 heavy (non-hydrogen) atoms. The molecule has 280 valence electrons. The Morgan fingerprint density at radius 1 is 0.907 bits per heavy atom. The molecule has 0 bridgehead atoms.